The van der Waals surface area contributed by atoms with Crippen LogP contribution in [-0.4, -0.2) is 24.6 Å². The van der Waals surface area contributed by atoms with Crippen molar-refractivity contribution in [2.24, 2.45) is 5.92 Å². The van der Waals surface area contributed by atoms with Gasteiger partial charge in [-0.15, -0.1) is 0 Å². The van der Waals surface area contributed by atoms with E-state index < -0.39 is 4.92 Å². The fourth-order valence-corrected chi connectivity index (χ4v) is 2.43. The van der Waals surface area contributed by atoms with E-state index in [2.05, 4.69) is 5.32 Å². The van der Waals surface area contributed by atoms with Gasteiger partial charge in [0.1, 0.15) is 0 Å². The smallest absolute Gasteiger partial charge is 0.312 e. The van der Waals surface area contributed by atoms with E-state index in [1.54, 1.807) is 12.1 Å². The molecule has 0 aromatic heterocycles. The molecule has 0 unspecified atom stereocenters. The lowest BCUT2D eigenvalue weighted by molar-refractivity contribution is -0.385. The third kappa shape index (κ3) is 4.08. The molecule has 1 heterocycles. The summed E-state index contributed by atoms with van der Waals surface area (Å²) in [6, 6.07) is 4.48. The molecular formula is C13H17ClN2O3. The van der Waals surface area contributed by atoms with E-state index >= 15 is 0 Å². The molecule has 1 fully saturated rings. The Morgan fingerprint density at radius 2 is 2.37 bits per heavy atom. The standard InChI is InChI=1S/C13H17ClN2O3/c14-11-3-4-13(12(8-11)16(17)18)19-7-5-10-2-1-6-15-9-10/h3-4,8,10,15H,1-2,5-7,9H2/t10-/m0/s1. The van der Waals surface area contributed by atoms with Crippen molar-refractivity contribution >= 4 is 17.3 Å². The molecule has 1 aromatic rings. The number of hydrogen-bond donors (Lipinski definition) is 1. The van der Waals surface area contributed by atoms with Crippen LogP contribution in [0, 0.1) is 16.0 Å². The van der Waals surface area contributed by atoms with Gasteiger partial charge in [-0.1, -0.05) is 11.6 Å². The van der Waals surface area contributed by atoms with Gasteiger partial charge in [0.25, 0.3) is 0 Å². The average Bonchev–Trinajstić information content (AvgIpc) is 2.41. The number of ether oxygens (including phenoxy) is 1. The number of nitrogens with one attached hydrogen (secondary N) is 1. The summed E-state index contributed by atoms with van der Waals surface area (Å²) in [7, 11) is 0. The maximum Gasteiger partial charge on any atom is 0.312 e. The van der Waals surface area contributed by atoms with E-state index in [1.165, 1.54) is 18.9 Å². The minimum atomic E-state index is -0.469. The first kappa shape index (κ1) is 14.1. The zero-order chi connectivity index (χ0) is 13.7. The normalized spacial score (nSPS) is 19.1. The van der Waals surface area contributed by atoms with Crippen LogP contribution in [0.15, 0.2) is 18.2 Å². The lowest BCUT2D eigenvalue weighted by Crippen LogP contribution is -2.30. The van der Waals surface area contributed by atoms with Gasteiger partial charge < -0.3 is 10.1 Å². The Hall–Kier alpha value is -1.33. The zero-order valence-corrected chi connectivity index (χ0v) is 11.4. The van der Waals surface area contributed by atoms with Crippen molar-refractivity contribution in [2.75, 3.05) is 19.7 Å². The molecule has 0 saturated carbocycles. The van der Waals surface area contributed by atoms with Crippen LogP contribution in [0.25, 0.3) is 0 Å². The van der Waals surface area contributed by atoms with Gasteiger partial charge in [-0.2, -0.15) is 0 Å². The van der Waals surface area contributed by atoms with Crippen LogP contribution in [0.5, 0.6) is 5.75 Å². The summed E-state index contributed by atoms with van der Waals surface area (Å²) in [6.45, 7) is 2.58. The number of benzene rings is 1. The highest BCUT2D eigenvalue weighted by Gasteiger charge is 2.17. The second-order valence-corrected chi connectivity index (χ2v) is 5.16. The summed E-state index contributed by atoms with van der Waals surface area (Å²) in [5.41, 5.74) is -0.0748. The maximum atomic E-state index is 10.9. The molecule has 0 spiro atoms. The fourth-order valence-electron chi connectivity index (χ4n) is 2.26. The van der Waals surface area contributed by atoms with Crippen molar-refractivity contribution in [1.29, 1.82) is 0 Å². The maximum absolute atomic E-state index is 10.9. The molecule has 2 rings (SSSR count). The van der Waals surface area contributed by atoms with Gasteiger partial charge in [-0.05, 0) is 50.4 Å². The summed E-state index contributed by atoms with van der Waals surface area (Å²) in [6.07, 6.45) is 3.29. The highest BCUT2D eigenvalue weighted by Crippen LogP contribution is 2.30. The summed E-state index contributed by atoms with van der Waals surface area (Å²) in [4.78, 5) is 10.4. The first-order chi connectivity index (χ1) is 9.16. The Kier molecular flexibility index (Phi) is 4.99. The topological polar surface area (TPSA) is 64.4 Å². The number of nitrogens with zero attached hydrogens (tertiary/aromatic N) is 1. The molecule has 104 valence electrons. The van der Waals surface area contributed by atoms with Crippen molar-refractivity contribution < 1.29 is 9.66 Å². The molecule has 1 aliphatic heterocycles. The van der Waals surface area contributed by atoms with Crippen LogP contribution in [0.2, 0.25) is 5.02 Å². The third-order valence-corrected chi connectivity index (χ3v) is 3.54. The van der Waals surface area contributed by atoms with E-state index in [1.807, 2.05) is 0 Å². The molecule has 1 N–H and O–H groups in total. The monoisotopic (exact) mass is 284 g/mol. The lowest BCUT2D eigenvalue weighted by atomic mass is 9.97. The Bertz CT molecular complexity index is 448. The number of halogens is 1. The highest BCUT2D eigenvalue weighted by atomic mass is 35.5. The van der Waals surface area contributed by atoms with E-state index in [0.717, 1.165) is 19.5 Å². The molecule has 1 aromatic carbocycles. The molecule has 0 amide bonds. The minimum Gasteiger partial charge on any atom is -0.487 e. The average molecular weight is 285 g/mol. The third-order valence-electron chi connectivity index (χ3n) is 3.30. The zero-order valence-electron chi connectivity index (χ0n) is 10.6. The molecule has 1 aliphatic rings. The number of hydrogen-bond acceptors (Lipinski definition) is 4. The molecule has 0 bridgehead atoms. The number of piperidine rings is 1. The molecule has 19 heavy (non-hydrogen) atoms. The largest absolute Gasteiger partial charge is 0.487 e. The number of rotatable bonds is 5. The Labute approximate surface area is 117 Å². The summed E-state index contributed by atoms with van der Waals surface area (Å²) >= 11 is 5.75. The van der Waals surface area contributed by atoms with Gasteiger partial charge in [0, 0.05) is 11.1 Å². The van der Waals surface area contributed by atoms with E-state index in [9.17, 15) is 10.1 Å². The number of nitro benzene ring substituents is 1. The van der Waals surface area contributed by atoms with Crippen LogP contribution in [0.3, 0.4) is 0 Å². The van der Waals surface area contributed by atoms with E-state index in [4.69, 9.17) is 16.3 Å². The van der Waals surface area contributed by atoms with E-state index in [-0.39, 0.29) is 11.4 Å². The van der Waals surface area contributed by atoms with E-state index in [0.29, 0.717) is 17.5 Å². The Morgan fingerprint density at radius 3 is 3.05 bits per heavy atom. The van der Waals surface area contributed by atoms with Crippen molar-refractivity contribution in [1.82, 2.24) is 5.32 Å². The minimum absolute atomic E-state index is 0.0748. The van der Waals surface area contributed by atoms with Crippen LogP contribution in [0.4, 0.5) is 5.69 Å². The highest BCUT2D eigenvalue weighted by molar-refractivity contribution is 6.30. The predicted octanol–water partition coefficient (Wildman–Crippen LogP) is 3.02. The molecule has 0 radical (unpaired) electrons. The second-order valence-electron chi connectivity index (χ2n) is 4.72. The van der Waals surface area contributed by atoms with Crippen molar-refractivity contribution in [3.8, 4) is 5.75 Å². The van der Waals surface area contributed by atoms with Crippen LogP contribution in [-0.2, 0) is 0 Å². The molecule has 5 nitrogen and oxygen atoms in total. The van der Waals surface area contributed by atoms with Crippen molar-refractivity contribution in [3.63, 3.8) is 0 Å². The number of nitro groups is 1. The first-order valence-corrected chi connectivity index (χ1v) is 6.82. The summed E-state index contributed by atoms with van der Waals surface area (Å²) in [5, 5.41) is 14.6. The van der Waals surface area contributed by atoms with Gasteiger partial charge in [-0.3, -0.25) is 10.1 Å². The molecule has 1 atom stereocenters. The van der Waals surface area contributed by atoms with Crippen molar-refractivity contribution in [2.45, 2.75) is 19.3 Å². The predicted molar refractivity (Wildman–Crippen MR) is 73.8 cm³/mol. The van der Waals surface area contributed by atoms with Gasteiger partial charge >= 0.3 is 5.69 Å². The SMILES string of the molecule is O=[N+]([O-])c1cc(Cl)ccc1OCC[C@@H]1CCCNC1. The van der Waals surface area contributed by atoms with Gasteiger partial charge in [-0.25, -0.2) is 0 Å². The summed E-state index contributed by atoms with van der Waals surface area (Å²) in [5.74, 6) is 0.887. The Balaban J connectivity index is 1.89. The molecule has 6 heteroatoms. The second kappa shape index (κ2) is 6.73. The van der Waals surface area contributed by atoms with Crippen LogP contribution in [0.1, 0.15) is 19.3 Å². The molecule has 1 saturated heterocycles. The fraction of sp³-hybridized carbons (Fsp3) is 0.538. The van der Waals surface area contributed by atoms with Crippen LogP contribution >= 0.6 is 11.6 Å². The van der Waals surface area contributed by atoms with Gasteiger partial charge in [0.05, 0.1) is 11.5 Å². The molecule has 0 aliphatic carbocycles. The quantitative estimate of drug-likeness (QED) is 0.667. The first-order valence-electron chi connectivity index (χ1n) is 6.44. The van der Waals surface area contributed by atoms with Gasteiger partial charge in [0.15, 0.2) is 5.75 Å². The Morgan fingerprint density at radius 1 is 1.53 bits per heavy atom. The molecular weight excluding hydrogens is 268 g/mol. The van der Waals surface area contributed by atoms with Crippen molar-refractivity contribution in [3.05, 3.63) is 33.3 Å². The lowest BCUT2D eigenvalue weighted by Gasteiger charge is -2.22. The van der Waals surface area contributed by atoms with Gasteiger partial charge in [0.2, 0.25) is 0 Å². The summed E-state index contributed by atoms with van der Waals surface area (Å²) < 4.78 is 5.53. The van der Waals surface area contributed by atoms with Crippen LogP contribution < -0.4 is 10.1 Å².